The number of hydrogen-bond donors (Lipinski definition) is 4. The maximum atomic E-state index is 12.7. The lowest BCUT2D eigenvalue weighted by atomic mass is 9.88. The zero-order valence-electron chi connectivity index (χ0n) is 16.8. The molecule has 0 spiro atoms. The first-order valence-electron chi connectivity index (χ1n) is 9.98. The summed E-state index contributed by atoms with van der Waals surface area (Å²) in [7, 11) is 0. The topological polar surface area (TPSA) is 143 Å². The molecule has 1 aliphatic carbocycles. The van der Waals surface area contributed by atoms with Crippen LogP contribution < -0.4 is 0 Å². The van der Waals surface area contributed by atoms with Crippen molar-refractivity contribution in [3.05, 3.63) is 35.5 Å². The first-order valence-corrected chi connectivity index (χ1v) is 9.98. The molecule has 0 aromatic carbocycles. The van der Waals surface area contributed by atoms with Crippen molar-refractivity contribution in [2.75, 3.05) is 6.61 Å². The average molecular weight is 424 g/mol. The zero-order valence-corrected chi connectivity index (χ0v) is 16.8. The Kier molecular flexibility index (Phi) is 7.10. The normalized spacial score (nSPS) is 41.0. The molecule has 7 unspecified atom stereocenters. The second-order valence-corrected chi connectivity index (χ2v) is 7.94. The summed E-state index contributed by atoms with van der Waals surface area (Å²) in [6, 6.07) is 0. The van der Waals surface area contributed by atoms with Crippen molar-refractivity contribution in [1.29, 1.82) is 0 Å². The van der Waals surface area contributed by atoms with Gasteiger partial charge in [0.05, 0.1) is 6.61 Å². The number of carbonyl (C=O) groups excluding carboxylic acids is 2. The van der Waals surface area contributed by atoms with Crippen molar-refractivity contribution >= 4 is 11.9 Å². The summed E-state index contributed by atoms with van der Waals surface area (Å²) < 4.78 is 15.9. The second kappa shape index (κ2) is 9.40. The Labute approximate surface area is 174 Å². The van der Waals surface area contributed by atoms with Crippen LogP contribution in [-0.4, -0.2) is 75.8 Å². The van der Waals surface area contributed by atoms with Crippen molar-refractivity contribution in [2.24, 2.45) is 5.92 Å². The van der Waals surface area contributed by atoms with Crippen LogP contribution in [0.25, 0.3) is 0 Å². The number of aliphatic hydroxyl groups excluding tert-OH is 4. The smallest absolute Gasteiger partial charge is 0.336 e. The van der Waals surface area contributed by atoms with Crippen LogP contribution in [0.15, 0.2) is 35.5 Å². The quantitative estimate of drug-likeness (QED) is 0.277. The van der Waals surface area contributed by atoms with Crippen LogP contribution in [-0.2, 0) is 23.8 Å². The van der Waals surface area contributed by atoms with Gasteiger partial charge in [-0.2, -0.15) is 0 Å². The van der Waals surface area contributed by atoms with Gasteiger partial charge in [0.15, 0.2) is 0 Å². The first-order chi connectivity index (χ1) is 14.2. The van der Waals surface area contributed by atoms with E-state index in [0.29, 0.717) is 36.8 Å². The Balaban J connectivity index is 1.75. The summed E-state index contributed by atoms with van der Waals surface area (Å²) in [6.07, 6.45) is -2.35. The lowest BCUT2D eigenvalue weighted by Gasteiger charge is -2.39. The molecule has 9 nitrogen and oxygen atoms in total. The van der Waals surface area contributed by atoms with E-state index >= 15 is 0 Å². The van der Waals surface area contributed by atoms with E-state index in [1.807, 2.05) is 13.0 Å². The molecule has 2 fully saturated rings. The Morgan fingerprint density at radius 1 is 1.23 bits per heavy atom. The number of fused-ring (bicyclic) bond motifs is 1. The van der Waals surface area contributed by atoms with E-state index < -0.39 is 49.3 Å². The number of allylic oxidation sites excluding steroid dienone is 2. The van der Waals surface area contributed by atoms with Gasteiger partial charge in [-0.25, -0.2) is 9.59 Å². The summed E-state index contributed by atoms with van der Waals surface area (Å²) in [5.74, 6) is -1.44. The third kappa shape index (κ3) is 4.65. The molecule has 30 heavy (non-hydrogen) atoms. The largest absolute Gasteiger partial charge is 0.458 e. The fourth-order valence-corrected chi connectivity index (χ4v) is 3.93. The van der Waals surface area contributed by atoms with Crippen molar-refractivity contribution in [1.82, 2.24) is 0 Å². The van der Waals surface area contributed by atoms with Crippen LogP contribution in [0.1, 0.15) is 32.6 Å². The Bertz CT molecular complexity index is 754. The van der Waals surface area contributed by atoms with E-state index in [9.17, 15) is 30.0 Å². The molecule has 2 heterocycles. The lowest BCUT2D eigenvalue weighted by Crippen LogP contribution is -2.59. The molecule has 3 rings (SSSR count). The number of carbonyl (C=O) groups is 2. The van der Waals surface area contributed by atoms with E-state index in [4.69, 9.17) is 14.2 Å². The molecule has 2 aliphatic heterocycles. The third-order valence-electron chi connectivity index (χ3n) is 5.80. The van der Waals surface area contributed by atoms with Gasteiger partial charge in [-0.05, 0) is 26.2 Å². The van der Waals surface area contributed by atoms with Crippen LogP contribution in [0.2, 0.25) is 0 Å². The van der Waals surface area contributed by atoms with E-state index in [0.717, 1.165) is 5.57 Å². The standard InChI is InChI=1S/C21H28O9/c1-10-4-3-5-12(6-7-13-11(2)19(26)28-14(13)8-10)20(27)30-21-18(25)17(24)16(23)15(9-22)29-21/h4,6,13-18,21-25H,2-3,5,7-9H2,1H3/b10-4+,12-6-. The molecular formula is C21H28O9. The predicted molar refractivity (Wildman–Crippen MR) is 103 cm³/mol. The highest BCUT2D eigenvalue weighted by Gasteiger charge is 2.45. The van der Waals surface area contributed by atoms with Gasteiger partial charge in [0.1, 0.15) is 30.5 Å². The molecule has 2 saturated heterocycles. The van der Waals surface area contributed by atoms with Crippen molar-refractivity contribution < 1.29 is 44.2 Å². The van der Waals surface area contributed by atoms with E-state index in [1.165, 1.54) is 0 Å². The summed E-state index contributed by atoms with van der Waals surface area (Å²) in [6.45, 7) is 5.12. The Morgan fingerprint density at radius 2 is 1.97 bits per heavy atom. The number of esters is 2. The van der Waals surface area contributed by atoms with Gasteiger partial charge < -0.3 is 34.6 Å². The molecule has 0 bridgehead atoms. The van der Waals surface area contributed by atoms with E-state index in [1.54, 1.807) is 6.08 Å². The summed E-state index contributed by atoms with van der Waals surface area (Å²) >= 11 is 0. The third-order valence-corrected chi connectivity index (χ3v) is 5.80. The van der Waals surface area contributed by atoms with E-state index in [2.05, 4.69) is 6.58 Å². The van der Waals surface area contributed by atoms with Crippen LogP contribution in [0.4, 0.5) is 0 Å². The Morgan fingerprint density at radius 3 is 2.67 bits per heavy atom. The van der Waals surface area contributed by atoms with Crippen LogP contribution >= 0.6 is 0 Å². The minimum Gasteiger partial charge on any atom is -0.458 e. The molecule has 0 amide bonds. The number of hydrogen-bond acceptors (Lipinski definition) is 9. The molecule has 9 heteroatoms. The van der Waals surface area contributed by atoms with Crippen molar-refractivity contribution in [3.8, 4) is 0 Å². The number of ether oxygens (including phenoxy) is 3. The number of rotatable bonds is 3. The summed E-state index contributed by atoms with van der Waals surface area (Å²) in [5, 5.41) is 39.1. The summed E-state index contributed by atoms with van der Waals surface area (Å²) in [4.78, 5) is 24.7. The molecular weight excluding hydrogens is 396 g/mol. The van der Waals surface area contributed by atoms with E-state index in [-0.39, 0.29) is 12.0 Å². The number of aliphatic hydroxyl groups is 4. The molecule has 0 aromatic heterocycles. The highest BCUT2D eigenvalue weighted by atomic mass is 16.7. The van der Waals surface area contributed by atoms with Gasteiger partial charge in [0.25, 0.3) is 0 Å². The van der Waals surface area contributed by atoms with Gasteiger partial charge in [-0.3, -0.25) is 0 Å². The maximum Gasteiger partial charge on any atom is 0.336 e. The SMILES string of the molecule is C=C1C(=O)OC2C/C(C)=C/CC/C(C(=O)OC3OC(CO)C(O)C(O)C3O)=C/CC12. The Hall–Kier alpha value is -2.04. The van der Waals surface area contributed by atoms with Crippen LogP contribution in [0.3, 0.4) is 0 Å². The van der Waals surface area contributed by atoms with Gasteiger partial charge in [-0.15, -0.1) is 0 Å². The monoisotopic (exact) mass is 424 g/mol. The lowest BCUT2D eigenvalue weighted by molar-refractivity contribution is -0.291. The van der Waals surface area contributed by atoms with Gasteiger partial charge in [0.2, 0.25) is 6.29 Å². The molecule has 4 N–H and O–H groups in total. The summed E-state index contributed by atoms with van der Waals surface area (Å²) in [5.41, 5.74) is 1.73. The van der Waals surface area contributed by atoms with Gasteiger partial charge in [-0.1, -0.05) is 24.3 Å². The first kappa shape index (κ1) is 22.6. The molecule has 0 saturated carbocycles. The molecule has 0 radical (unpaired) electrons. The fraction of sp³-hybridized carbons (Fsp3) is 0.619. The van der Waals surface area contributed by atoms with Gasteiger partial charge >= 0.3 is 11.9 Å². The maximum absolute atomic E-state index is 12.7. The highest BCUT2D eigenvalue weighted by molar-refractivity contribution is 5.91. The van der Waals surface area contributed by atoms with Crippen molar-refractivity contribution in [3.63, 3.8) is 0 Å². The fourth-order valence-electron chi connectivity index (χ4n) is 3.93. The van der Waals surface area contributed by atoms with Crippen LogP contribution in [0, 0.1) is 5.92 Å². The predicted octanol–water partition coefficient (Wildman–Crippen LogP) is -0.126. The molecule has 0 aromatic rings. The van der Waals surface area contributed by atoms with Gasteiger partial charge in [0, 0.05) is 23.5 Å². The van der Waals surface area contributed by atoms with Crippen molar-refractivity contribution in [2.45, 2.75) is 69.4 Å². The highest BCUT2D eigenvalue weighted by Crippen LogP contribution is 2.35. The minimum absolute atomic E-state index is 0.256. The molecule has 166 valence electrons. The molecule has 3 aliphatic rings. The second-order valence-electron chi connectivity index (χ2n) is 7.94. The van der Waals surface area contributed by atoms with Crippen LogP contribution in [0.5, 0.6) is 0 Å². The molecule has 7 atom stereocenters. The zero-order chi connectivity index (χ0) is 22.0. The minimum atomic E-state index is -1.67. The average Bonchev–Trinajstić information content (AvgIpc) is 2.97.